The van der Waals surface area contributed by atoms with Gasteiger partial charge in [0.05, 0.1) is 11.5 Å². The van der Waals surface area contributed by atoms with Crippen molar-refractivity contribution >= 4 is 33.2 Å². The molecule has 0 aliphatic rings. The molecule has 0 atom stereocenters. The lowest BCUT2D eigenvalue weighted by Gasteiger charge is -2.09. The van der Waals surface area contributed by atoms with Crippen LogP contribution >= 0.6 is 23.2 Å². The fourth-order valence-corrected chi connectivity index (χ4v) is 3.29. The summed E-state index contributed by atoms with van der Waals surface area (Å²) in [6.07, 6.45) is 0. The third kappa shape index (κ3) is 4.18. The molecule has 0 aromatic heterocycles. The molecule has 0 spiro atoms. The normalized spacial score (nSPS) is 11.6. The first-order valence-corrected chi connectivity index (χ1v) is 8.29. The number of halogens is 2. The summed E-state index contributed by atoms with van der Waals surface area (Å²) >= 11 is 11.8. The van der Waals surface area contributed by atoms with E-state index >= 15 is 0 Å². The van der Waals surface area contributed by atoms with E-state index in [9.17, 15) is 8.42 Å². The Hall–Kier alpha value is -1.11. The highest BCUT2D eigenvalue weighted by Crippen LogP contribution is 2.21. The van der Waals surface area contributed by atoms with Crippen LogP contribution in [0.15, 0.2) is 47.4 Å². The Morgan fingerprint density at radius 1 is 1.10 bits per heavy atom. The second-order valence-electron chi connectivity index (χ2n) is 4.37. The molecule has 2 N–H and O–H groups in total. The van der Waals surface area contributed by atoms with E-state index in [4.69, 9.17) is 28.3 Å². The highest BCUT2D eigenvalue weighted by Gasteiger charge is 2.15. The molecule has 0 heterocycles. The molecule has 0 bridgehead atoms. The van der Waals surface area contributed by atoms with E-state index in [0.717, 1.165) is 5.56 Å². The summed E-state index contributed by atoms with van der Waals surface area (Å²) in [4.78, 5) is 0.0479. The average Bonchev–Trinajstić information content (AvgIpc) is 2.45. The highest BCUT2D eigenvalue weighted by molar-refractivity contribution is 7.89. The number of aliphatic hydroxyl groups excluding tert-OH is 1. The largest absolute Gasteiger partial charge is 0.392 e. The molecule has 7 heteroatoms. The third-order valence-corrected chi connectivity index (χ3v) is 4.85. The second-order valence-corrected chi connectivity index (χ2v) is 6.98. The number of nitrogens with one attached hydrogen (secondary N) is 1. The lowest BCUT2D eigenvalue weighted by molar-refractivity contribution is 0.282. The maximum absolute atomic E-state index is 12.2. The monoisotopic (exact) mass is 345 g/mol. The molecule has 0 fully saturated rings. The highest BCUT2D eigenvalue weighted by atomic mass is 35.5. The summed E-state index contributed by atoms with van der Waals surface area (Å²) in [5.41, 5.74) is 1.23. The first kappa shape index (κ1) is 16.3. The van der Waals surface area contributed by atoms with Crippen LogP contribution in [0.3, 0.4) is 0 Å². The van der Waals surface area contributed by atoms with Gasteiger partial charge < -0.3 is 5.11 Å². The van der Waals surface area contributed by atoms with Crippen molar-refractivity contribution in [1.82, 2.24) is 4.72 Å². The van der Waals surface area contributed by atoms with Crippen LogP contribution in [-0.4, -0.2) is 13.5 Å². The van der Waals surface area contributed by atoms with Crippen molar-refractivity contribution in [3.8, 4) is 0 Å². The lowest BCUT2D eigenvalue weighted by Crippen LogP contribution is -2.23. The molecule has 21 heavy (non-hydrogen) atoms. The Kier molecular flexibility index (Phi) is 5.24. The van der Waals surface area contributed by atoms with Crippen LogP contribution in [0.25, 0.3) is 0 Å². The summed E-state index contributed by atoms with van der Waals surface area (Å²) < 4.78 is 26.8. The molecule has 4 nitrogen and oxygen atoms in total. The number of hydrogen-bond acceptors (Lipinski definition) is 3. The minimum absolute atomic E-state index is 0.0479. The Labute approximate surface area is 133 Å². The van der Waals surface area contributed by atoms with E-state index in [1.165, 1.54) is 18.2 Å². The van der Waals surface area contributed by atoms with E-state index in [2.05, 4.69) is 4.72 Å². The summed E-state index contributed by atoms with van der Waals surface area (Å²) in [5.74, 6) is 0. The van der Waals surface area contributed by atoms with Gasteiger partial charge in [0.1, 0.15) is 0 Å². The van der Waals surface area contributed by atoms with Crippen LogP contribution in [0.4, 0.5) is 0 Å². The first-order chi connectivity index (χ1) is 9.92. The zero-order valence-electron chi connectivity index (χ0n) is 10.9. The molecule has 0 amide bonds. The topological polar surface area (TPSA) is 66.4 Å². The van der Waals surface area contributed by atoms with Gasteiger partial charge in [0, 0.05) is 16.6 Å². The molecule has 0 saturated carbocycles. The average molecular weight is 346 g/mol. The van der Waals surface area contributed by atoms with Gasteiger partial charge in [-0.05, 0) is 35.4 Å². The van der Waals surface area contributed by atoms with Gasteiger partial charge in [0.15, 0.2) is 0 Å². The zero-order chi connectivity index (χ0) is 15.5. The van der Waals surface area contributed by atoms with Crippen LogP contribution < -0.4 is 4.72 Å². The van der Waals surface area contributed by atoms with Gasteiger partial charge in [-0.1, -0.05) is 41.4 Å². The molecular weight excluding hydrogens is 333 g/mol. The Morgan fingerprint density at radius 3 is 2.48 bits per heavy atom. The molecule has 2 aromatic rings. The second kappa shape index (κ2) is 6.77. The quantitative estimate of drug-likeness (QED) is 0.875. The molecule has 112 valence electrons. The fourth-order valence-electron chi connectivity index (χ4n) is 1.73. The molecule has 0 aliphatic carbocycles. The van der Waals surface area contributed by atoms with Gasteiger partial charge in [0.2, 0.25) is 10.0 Å². The fraction of sp³-hybridized carbons (Fsp3) is 0.143. The SMILES string of the molecule is O=S(=O)(NCc1cccc(Cl)c1)c1ccc(CO)c(Cl)c1. The number of hydrogen-bond donors (Lipinski definition) is 2. The molecule has 0 aliphatic heterocycles. The lowest BCUT2D eigenvalue weighted by atomic mass is 10.2. The maximum Gasteiger partial charge on any atom is 0.240 e. The number of benzene rings is 2. The minimum atomic E-state index is -3.68. The molecular formula is C14H13Cl2NO3S. The van der Waals surface area contributed by atoms with E-state index in [0.29, 0.717) is 10.6 Å². The first-order valence-electron chi connectivity index (χ1n) is 6.06. The van der Waals surface area contributed by atoms with Gasteiger partial charge in [-0.25, -0.2) is 13.1 Å². The molecule has 2 aromatic carbocycles. The van der Waals surface area contributed by atoms with Crippen LogP contribution in [0.2, 0.25) is 10.0 Å². The van der Waals surface area contributed by atoms with Gasteiger partial charge in [-0.15, -0.1) is 0 Å². The van der Waals surface area contributed by atoms with Gasteiger partial charge >= 0.3 is 0 Å². The molecule has 2 rings (SSSR count). The van der Waals surface area contributed by atoms with Crippen molar-refractivity contribution in [2.75, 3.05) is 0 Å². The zero-order valence-corrected chi connectivity index (χ0v) is 13.2. The molecule has 0 saturated heterocycles. The predicted octanol–water partition coefficient (Wildman–Crippen LogP) is 2.96. The van der Waals surface area contributed by atoms with Crippen LogP contribution in [0.1, 0.15) is 11.1 Å². The molecule has 0 radical (unpaired) electrons. The third-order valence-electron chi connectivity index (χ3n) is 2.86. The predicted molar refractivity (Wildman–Crippen MR) is 82.9 cm³/mol. The van der Waals surface area contributed by atoms with E-state index in [-0.39, 0.29) is 23.1 Å². The van der Waals surface area contributed by atoms with Crippen molar-refractivity contribution < 1.29 is 13.5 Å². The Balaban J connectivity index is 2.17. The van der Waals surface area contributed by atoms with Crippen LogP contribution in [0.5, 0.6) is 0 Å². The Bertz CT molecular complexity index is 748. The van der Waals surface area contributed by atoms with E-state index < -0.39 is 10.0 Å². The van der Waals surface area contributed by atoms with Crippen LogP contribution in [0, 0.1) is 0 Å². The van der Waals surface area contributed by atoms with Gasteiger partial charge in [-0.2, -0.15) is 0 Å². The number of sulfonamides is 1. The molecule has 0 unspecified atom stereocenters. The van der Waals surface area contributed by atoms with Crippen molar-refractivity contribution in [2.24, 2.45) is 0 Å². The standard InChI is InChI=1S/C14H13Cl2NO3S/c15-12-3-1-2-10(6-12)8-17-21(19,20)13-5-4-11(9-18)14(16)7-13/h1-7,17-18H,8-9H2. The Morgan fingerprint density at radius 2 is 1.86 bits per heavy atom. The van der Waals surface area contributed by atoms with Gasteiger partial charge in [0.25, 0.3) is 0 Å². The van der Waals surface area contributed by atoms with Crippen molar-refractivity contribution in [2.45, 2.75) is 18.0 Å². The summed E-state index contributed by atoms with van der Waals surface area (Å²) in [7, 11) is -3.68. The minimum Gasteiger partial charge on any atom is -0.392 e. The summed E-state index contributed by atoms with van der Waals surface area (Å²) in [5, 5.41) is 9.78. The van der Waals surface area contributed by atoms with Gasteiger partial charge in [-0.3, -0.25) is 0 Å². The van der Waals surface area contributed by atoms with E-state index in [1.54, 1.807) is 24.3 Å². The smallest absolute Gasteiger partial charge is 0.240 e. The number of aliphatic hydroxyl groups is 1. The maximum atomic E-state index is 12.2. The summed E-state index contributed by atoms with van der Waals surface area (Å²) in [6, 6.07) is 11.1. The van der Waals surface area contributed by atoms with Crippen molar-refractivity contribution in [3.63, 3.8) is 0 Å². The van der Waals surface area contributed by atoms with Crippen LogP contribution in [-0.2, 0) is 23.2 Å². The summed E-state index contributed by atoms with van der Waals surface area (Å²) in [6.45, 7) is -0.114. The van der Waals surface area contributed by atoms with E-state index in [1.807, 2.05) is 0 Å². The number of rotatable bonds is 5. The van der Waals surface area contributed by atoms with Crippen molar-refractivity contribution in [3.05, 3.63) is 63.6 Å². The van der Waals surface area contributed by atoms with Crippen molar-refractivity contribution in [1.29, 1.82) is 0 Å².